The van der Waals surface area contributed by atoms with Gasteiger partial charge in [-0.3, -0.25) is 4.99 Å². The summed E-state index contributed by atoms with van der Waals surface area (Å²) in [5, 5.41) is 6.70. The summed E-state index contributed by atoms with van der Waals surface area (Å²) in [6, 6.07) is 0. The van der Waals surface area contributed by atoms with E-state index < -0.39 is 0 Å². The SMILES string of the molecule is CCNC(=NCCCOC1CCOCC1)NCCC(OCC)C(C)C. The van der Waals surface area contributed by atoms with Gasteiger partial charge in [-0.2, -0.15) is 0 Å². The molecule has 0 aliphatic carbocycles. The maximum atomic E-state index is 5.88. The van der Waals surface area contributed by atoms with Crippen LogP contribution in [0.15, 0.2) is 4.99 Å². The Morgan fingerprint density at radius 2 is 1.96 bits per heavy atom. The number of hydrogen-bond donors (Lipinski definition) is 2. The van der Waals surface area contributed by atoms with Gasteiger partial charge in [-0.25, -0.2) is 0 Å². The quantitative estimate of drug-likeness (QED) is 0.319. The van der Waals surface area contributed by atoms with Gasteiger partial charge < -0.3 is 24.8 Å². The lowest BCUT2D eigenvalue weighted by atomic mass is 10.0. The fourth-order valence-electron chi connectivity index (χ4n) is 2.85. The van der Waals surface area contributed by atoms with Crippen molar-refractivity contribution in [3.8, 4) is 0 Å². The highest BCUT2D eigenvalue weighted by Gasteiger charge is 2.14. The Morgan fingerprint density at radius 3 is 2.60 bits per heavy atom. The highest BCUT2D eigenvalue weighted by molar-refractivity contribution is 5.79. The van der Waals surface area contributed by atoms with E-state index >= 15 is 0 Å². The molecule has 0 aromatic heterocycles. The number of nitrogens with zero attached hydrogens (tertiary/aromatic N) is 1. The smallest absolute Gasteiger partial charge is 0.191 e. The second kappa shape index (κ2) is 14.3. The predicted molar refractivity (Wildman–Crippen MR) is 103 cm³/mol. The summed E-state index contributed by atoms with van der Waals surface area (Å²) in [6.07, 6.45) is 4.64. The fourth-order valence-corrected chi connectivity index (χ4v) is 2.85. The van der Waals surface area contributed by atoms with Crippen molar-refractivity contribution in [3.05, 3.63) is 0 Å². The first-order chi connectivity index (χ1) is 12.2. The summed E-state index contributed by atoms with van der Waals surface area (Å²) < 4.78 is 17.0. The van der Waals surface area contributed by atoms with Crippen LogP contribution in [-0.4, -0.2) is 64.2 Å². The van der Waals surface area contributed by atoms with Crippen molar-refractivity contribution in [1.82, 2.24) is 10.6 Å². The second-order valence-electron chi connectivity index (χ2n) is 6.75. The van der Waals surface area contributed by atoms with E-state index in [0.717, 1.165) is 77.7 Å². The van der Waals surface area contributed by atoms with E-state index in [1.807, 2.05) is 0 Å². The summed E-state index contributed by atoms with van der Waals surface area (Å²) in [5.74, 6) is 1.41. The number of guanidine groups is 1. The van der Waals surface area contributed by atoms with Gasteiger partial charge in [0.2, 0.25) is 0 Å². The van der Waals surface area contributed by atoms with Crippen LogP contribution in [0.3, 0.4) is 0 Å². The Labute approximate surface area is 154 Å². The molecule has 1 unspecified atom stereocenters. The Morgan fingerprint density at radius 1 is 1.20 bits per heavy atom. The van der Waals surface area contributed by atoms with Crippen LogP contribution < -0.4 is 10.6 Å². The third-order valence-electron chi connectivity index (χ3n) is 4.28. The van der Waals surface area contributed by atoms with Gasteiger partial charge in [-0.05, 0) is 45.4 Å². The zero-order chi connectivity index (χ0) is 18.3. The van der Waals surface area contributed by atoms with Gasteiger partial charge in [0.15, 0.2) is 5.96 Å². The maximum absolute atomic E-state index is 5.88. The summed E-state index contributed by atoms with van der Waals surface area (Å²) in [4.78, 5) is 4.63. The van der Waals surface area contributed by atoms with Crippen LogP contribution in [0.1, 0.15) is 53.4 Å². The molecule has 1 atom stereocenters. The van der Waals surface area contributed by atoms with E-state index in [-0.39, 0.29) is 0 Å². The van der Waals surface area contributed by atoms with Crippen molar-refractivity contribution in [2.24, 2.45) is 10.9 Å². The first-order valence-electron chi connectivity index (χ1n) is 10.0. The van der Waals surface area contributed by atoms with Gasteiger partial charge in [0.25, 0.3) is 0 Å². The van der Waals surface area contributed by atoms with Crippen molar-refractivity contribution in [3.63, 3.8) is 0 Å². The number of aliphatic imine (C=N–C) groups is 1. The molecule has 0 aromatic rings. The van der Waals surface area contributed by atoms with E-state index in [4.69, 9.17) is 14.2 Å². The van der Waals surface area contributed by atoms with Crippen LogP contribution >= 0.6 is 0 Å². The third-order valence-corrected chi connectivity index (χ3v) is 4.28. The van der Waals surface area contributed by atoms with Gasteiger partial charge in [-0.15, -0.1) is 0 Å². The molecule has 25 heavy (non-hydrogen) atoms. The molecule has 1 aliphatic rings. The third kappa shape index (κ3) is 10.7. The Balaban J connectivity index is 2.21. The number of rotatable bonds is 12. The van der Waals surface area contributed by atoms with Crippen LogP contribution in [0, 0.1) is 5.92 Å². The first-order valence-corrected chi connectivity index (χ1v) is 10.0. The largest absolute Gasteiger partial charge is 0.381 e. The minimum absolute atomic E-state index is 0.299. The topological polar surface area (TPSA) is 64.1 Å². The summed E-state index contributed by atoms with van der Waals surface area (Å²) >= 11 is 0. The molecule has 2 N–H and O–H groups in total. The monoisotopic (exact) mass is 357 g/mol. The van der Waals surface area contributed by atoms with Crippen LogP contribution in [0.25, 0.3) is 0 Å². The van der Waals surface area contributed by atoms with E-state index in [1.54, 1.807) is 0 Å². The molecule has 1 saturated heterocycles. The number of hydrogen-bond acceptors (Lipinski definition) is 4. The Kier molecular flexibility index (Phi) is 12.7. The van der Waals surface area contributed by atoms with Gasteiger partial charge in [0.05, 0.1) is 12.2 Å². The molecular formula is C19H39N3O3. The van der Waals surface area contributed by atoms with E-state index in [9.17, 15) is 0 Å². The summed E-state index contributed by atoms with van der Waals surface area (Å²) in [5.41, 5.74) is 0. The molecule has 1 rings (SSSR count). The zero-order valence-corrected chi connectivity index (χ0v) is 16.7. The zero-order valence-electron chi connectivity index (χ0n) is 16.7. The molecule has 0 spiro atoms. The maximum Gasteiger partial charge on any atom is 0.191 e. The average Bonchev–Trinajstić information content (AvgIpc) is 2.61. The standard InChI is InChI=1S/C19H39N3O3/c1-5-20-19(22-12-8-18(16(3)4)24-6-2)21-11-7-13-25-17-9-14-23-15-10-17/h16-18H,5-15H2,1-4H3,(H2,20,21,22). The molecule has 0 radical (unpaired) electrons. The number of ether oxygens (including phenoxy) is 3. The van der Waals surface area contributed by atoms with Gasteiger partial charge in [0.1, 0.15) is 0 Å². The molecule has 6 nitrogen and oxygen atoms in total. The van der Waals surface area contributed by atoms with E-state index in [2.05, 4.69) is 43.3 Å². The lowest BCUT2D eigenvalue weighted by Crippen LogP contribution is -2.39. The van der Waals surface area contributed by atoms with Crippen LogP contribution in [0.2, 0.25) is 0 Å². The molecule has 0 saturated carbocycles. The summed E-state index contributed by atoms with van der Waals surface area (Å²) in [7, 11) is 0. The Hall–Kier alpha value is -0.850. The molecule has 0 bridgehead atoms. The minimum Gasteiger partial charge on any atom is -0.381 e. The summed E-state index contributed by atoms with van der Waals surface area (Å²) in [6.45, 7) is 14.3. The normalized spacial score (nSPS) is 17.7. The molecule has 0 amide bonds. The molecule has 1 heterocycles. The molecule has 148 valence electrons. The highest BCUT2D eigenvalue weighted by Crippen LogP contribution is 2.11. The van der Waals surface area contributed by atoms with Crippen molar-refractivity contribution in [2.75, 3.05) is 46.1 Å². The minimum atomic E-state index is 0.299. The lowest BCUT2D eigenvalue weighted by molar-refractivity contribution is -0.0318. The van der Waals surface area contributed by atoms with Crippen LogP contribution in [0.5, 0.6) is 0 Å². The molecule has 1 fully saturated rings. The van der Waals surface area contributed by atoms with Gasteiger partial charge in [0, 0.05) is 46.1 Å². The van der Waals surface area contributed by atoms with Gasteiger partial charge in [-0.1, -0.05) is 13.8 Å². The second-order valence-corrected chi connectivity index (χ2v) is 6.75. The van der Waals surface area contributed by atoms with E-state index in [0.29, 0.717) is 18.1 Å². The van der Waals surface area contributed by atoms with Crippen LogP contribution in [0.4, 0.5) is 0 Å². The van der Waals surface area contributed by atoms with Crippen molar-refractivity contribution in [2.45, 2.75) is 65.6 Å². The number of nitrogens with one attached hydrogen (secondary N) is 2. The molecule has 0 aromatic carbocycles. The predicted octanol–water partition coefficient (Wildman–Crippen LogP) is 2.58. The average molecular weight is 358 g/mol. The van der Waals surface area contributed by atoms with E-state index in [1.165, 1.54) is 0 Å². The van der Waals surface area contributed by atoms with Crippen molar-refractivity contribution < 1.29 is 14.2 Å². The lowest BCUT2D eigenvalue weighted by Gasteiger charge is -2.22. The Bertz CT molecular complexity index is 345. The first kappa shape index (κ1) is 22.2. The molecule has 6 heteroatoms. The van der Waals surface area contributed by atoms with Crippen LogP contribution in [-0.2, 0) is 14.2 Å². The molecule has 1 aliphatic heterocycles. The highest BCUT2D eigenvalue weighted by atomic mass is 16.5. The fraction of sp³-hybridized carbons (Fsp3) is 0.947. The van der Waals surface area contributed by atoms with Crippen molar-refractivity contribution >= 4 is 5.96 Å². The van der Waals surface area contributed by atoms with Crippen molar-refractivity contribution in [1.29, 1.82) is 0 Å². The van der Waals surface area contributed by atoms with Gasteiger partial charge >= 0.3 is 0 Å². The molecular weight excluding hydrogens is 318 g/mol.